The van der Waals surface area contributed by atoms with Crippen molar-refractivity contribution in [1.29, 1.82) is 5.26 Å². The lowest BCUT2D eigenvalue weighted by molar-refractivity contribution is 0.658. The molecule has 0 saturated carbocycles. The fourth-order valence-corrected chi connectivity index (χ4v) is 2.12. The molecule has 0 bridgehead atoms. The first-order valence-corrected chi connectivity index (χ1v) is 5.76. The van der Waals surface area contributed by atoms with E-state index in [1.165, 1.54) is 5.56 Å². The van der Waals surface area contributed by atoms with E-state index in [-0.39, 0.29) is 0 Å². The van der Waals surface area contributed by atoms with E-state index in [0.29, 0.717) is 12.2 Å². The Bertz CT molecular complexity index is 660. The average molecular weight is 236 g/mol. The van der Waals surface area contributed by atoms with Gasteiger partial charge in [0.15, 0.2) is 0 Å². The SMILES string of the molecule is Cc1cn(N2Cc3ccccc3C=C2C#N)cn1. The quantitative estimate of drug-likeness (QED) is 0.762. The van der Waals surface area contributed by atoms with E-state index in [9.17, 15) is 5.26 Å². The van der Waals surface area contributed by atoms with Crippen LogP contribution in [-0.4, -0.2) is 9.66 Å². The molecule has 1 aliphatic heterocycles. The summed E-state index contributed by atoms with van der Waals surface area (Å²) >= 11 is 0. The number of aromatic nitrogens is 2. The van der Waals surface area contributed by atoms with E-state index in [1.807, 2.05) is 47.1 Å². The van der Waals surface area contributed by atoms with Crippen LogP contribution in [0.5, 0.6) is 0 Å². The first kappa shape index (κ1) is 10.6. The molecule has 0 unspecified atom stereocenters. The van der Waals surface area contributed by atoms with Gasteiger partial charge in [0, 0.05) is 6.20 Å². The molecule has 0 atom stereocenters. The molecule has 4 nitrogen and oxygen atoms in total. The summed E-state index contributed by atoms with van der Waals surface area (Å²) in [6.45, 7) is 2.62. The third-order valence-corrected chi connectivity index (χ3v) is 3.04. The molecule has 0 aliphatic carbocycles. The van der Waals surface area contributed by atoms with Crippen molar-refractivity contribution < 1.29 is 0 Å². The minimum absolute atomic E-state index is 0.631. The number of nitriles is 1. The standard InChI is InChI=1S/C14H12N4/c1-11-8-17(10-16-11)18-9-13-5-3-2-4-12(13)6-14(18)7-15/h2-6,8,10H,9H2,1H3. The van der Waals surface area contributed by atoms with Gasteiger partial charge in [-0.05, 0) is 24.1 Å². The Labute approximate surface area is 105 Å². The molecule has 0 spiro atoms. The molecule has 2 aromatic rings. The Morgan fingerprint density at radius 2 is 2.17 bits per heavy atom. The fourth-order valence-electron chi connectivity index (χ4n) is 2.12. The van der Waals surface area contributed by atoms with E-state index < -0.39 is 0 Å². The van der Waals surface area contributed by atoms with Crippen molar-refractivity contribution in [2.45, 2.75) is 13.5 Å². The van der Waals surface area contributed by atoms with Crippen molar-refractivity contribution in [3.8, 4) is 6.07 Å². The lowest BCUT2D eigenvalue weighted by atomic mass is 10.0. The van der Waals surface area contributed by atoms with Crippen LogP contribution in [0.4, 0.5) is 0 Å². The van der Waals surface area contributed by atoms with Gasteiger partial charge in [0.25, 0.3) is 0 Å². The van der Waals surface area contributed by atoms with E-state index in [2.05, 4.69) is 17.1 Å². The smallest absolute Gasteiger partial charge is 0.136 e. The van der Waals surface area contributed by atoms with Crippen LogP contribution in [0.3, 0.4) is 0 Å². The summed E-state index contributed by atoms with van der Waals surface area (Å²) in [5.74, 6) is 0. The maximum atomic E-state index is 9.26. The topological polar surface area (TPSA) is 44.9 Å². The first-order valence-electron chi connectivity index (χ1n) is 5.76. The van der Waals surface area contributed by atoms with Crippen molar-refractivity contribution in [1.82, 2.24) is 9.66 Å². The number of nitrogens with zero attached hydrogens (tertiary/aromatic N) is 4. The molecule has 0 N–H and O–H groups in total. The van der Waals surface area contributed by atoms with Gasteiger partial charge in [-0.15, -0.1) is 0 Å². The number of rotatable bonds is 1. The van der Waals surface area contributed by atoms with Crippen LogP contribution in [0.25, 0.3) is 6.08 Å². The molecular formula is C14H12N4. The predicted molar refractivity (Wildman–Crippen MR) is 68.9 cm³/mol. The number of benzene rings is 1. The second-order valence-electron chi connectivity index (χ2n) is 4.29. The van der Waals surface area contributed by atoms with Crippen LogP contribution in [0.15, 0.2) is 42.5 Å². The minimum Gasteiger partial charge on any atom is -0.265 e. The van der Waals surface area contributed by atoms with Crippen LogP contribution >= 0.6 is 0 Å². The molecule has 0 radical (unpaired) electrons. The predicted octanol–water partition coefficient (Wildman–Crippen LogP) is 2.21. The lowest BCUT2D eigenvalue weighted by Gasteiger charge is -2.28. The van der Waals surface area contributed by atoms with Crippen molar-refractivity contribution >= 4 is 6.08 Å². The normalized spacial score (nSPS) is 13.8. The van der Waals surface area contributed by atoms with Gasteiger partial charge in [-0.25, -0.2) is 9.66 Å². The highest BCUT2D eigenvalue weighted by atomic mass is 15.6. The van der Waals surface area contributed by atoms with Gasteiger partial charge in [0.1, 0.15) is 18.1 Å². The Morgan fingerprint density at radius 1 is 1.33 bits per heavy atom. The van der Waals surface area contributed by atoms with Crippen LogP contribution in [-0.2, 0) is 6.54 Å². The summed E-state index contributed by atoms with van der Waals surface area (Å²) in [6.07, 6.45) is 5.56. The van der Waals surface area contributed by atoms with E-state index >= 15 is 0 Å². The van der Waals surface area contributed by atoms with Crippen molar-refractivity contribution in [3.05, 3.63) is 59.3 Å². The summed E-state index contributed by atoms with van der Waals surface area (Å²) in [5, 5.41) is 11.2. The number of aryl methyl sites for hydroxylation is 1. The van der Waals surface area contributed by atoms with E-state index in [0.717, 1.165) is 11.3 Å². The van der Waals surface area contributed by atoms with Gasteiger partial charge >= 0.3 is 0 Å². The number of fused-ring (bicyclic) bond motifs is 1. The minimum atomic E-state index is 0.631. The fraction of sp³-hybridized carbons (Fsp3) is 0.143. The largest absolute Gasteiger partial charge is 0.265 e. The zero-order valence-corrected chi connectivity index (χ0v) is 10.0. The monoisotopic (exact) mass is 236 g/mol. The molecule has 1 aromatic heterocycles. The Kier molecular flexibility index (Phi) is 2.38. The highest BCUT2D eigenvalue weighted by Crippen LogP contribution is 2.23. The second-order valence-corrected chi connectivity index (χ2v) is 4.29. The number of allylic oxidation sites excluding steroid dienone is 1. The molecule has 0 amide bonds. The van der Waals surface area contributed by atoms with Gasteiger partial charge in [-0.1, -0.05) is 24.3 Å². The molecule has 3 rings (SSSR count). The summed E-state index contributed by atoms with van der Waals surface area (Å²) in [4.78, 5) is 4.20. The Morgan fingerprint density at radius 3 is 2.89 bits per heavy atom. The zero-order valence-electron chi connectivity index (χ0n) is 10.0. The van der Waals surface area contributed by atoms with Crippen LogP contribution in [0.1, 0.15) is 16.8 Å². The maximum Gasteiger partial charge on any atom is 0.136 e. The molecule has 88 valence electrons. The van der Waals surface area contributed by atoms with Gasteiger partial charge in [-0.2, -0.15) is 5.26 Å². The lowest BCUT2D eigenvalue weighted by Crippen LogP contribution is -2.33. The number of imidazole rings is 1. The summed E-state index contributed by atoms with van der Waals surface area (Å²) in [6, 6.07) is 10.4. The highest BCUT2D eigenvalue weighted by Gasteiger charge is 2.18. The van der Waals surface area contributed by atoms with Crippen LogP contribution in [0, 0.1) is 18.3 Å². The average Bonchev–Trinajstić information content (AvgIpc) is 2.83. The molecular weight excluding hydrogens is 224 g/mol. The molecule has 4 heteroatoms. The van der Waals surface area contributed by atoms with Crippen molar-refractivity contribution in [2.75, 3.05) is 5.01 Å². The second kappa shape index (κ2) is 4.04. The van der Waals surface area contributed by atoms with Crippen molar-refractivity contribution in [2.24, 2.45) is 0 Å². The van der Waals surface area contributed by atoms with E-state index in [4.69, 9.17) is 0 Å². The van der Waals surface area contributed by atoms with Gasteiger partial charge < -0.3 is 0 Å². The first-order chi connectivity index (χ1) is 8.78. The third-order valence-electron chi connectivity index (χ3n) is 3.04. The Balaban J connectivity index is 2.07. The molecule has 1 aliphatic rings. The van der Waals surface area contributed by atoms with Crippen LogP contribution in [0.2, 0.25) is 0 Å². The third kappa shape index (κ3) is 1.66. The highest BCUT2D eigenvalue weighted by molar-refractivity contribution is 5.65. The zero-order chi connectivity index (χ0) is 12.5. The summed E-state index contributed by atoms with van der Waals surface area (Å²) in [5.41, 5.74) is 3.89. The molecule has 1 aromatic carbocycles. The molecule has 0 fully saturated rings. The van der Waals surface area contributed by atoms with E-state index in [1.54, 1.807) is 6.33 Å². The van der Waals surface area contributed by atoms with Crippen LogP contribution < -0.4 is 5.01 Å². The van der Waals surface area contributed by atoms with Gasteiger partial charge in [0.05, 0.1) is 12.2 Å². The molecule has 0 saturated heterocycles. The summed E-state index contributed by atoms with van der Waals surface area (Å²) in [7, 11) is 0. The molecule has 18 heavy (non-hydrogen) atoms. The maximum absolute atomic E-state index is 9.26. The Hall–Kier alpha value is -2.54. The van der Waals surface area contributed by atoms with Gasteiger partial charge in [-0.3, -0.25) is 5.01 Å². The number of hydrogen-bond acceptors (Lipinski definition) is 3. The van der Waals surface area contributed by atoms with Gasteiger partial charge in [0.2, 0.25) is 0 Å². The number of hydrogen-bond donors (Lipinski definition) is 0. The summed E-state index contributed by atoms with van der Waals surface area (Å²) < 4.78 is 1.86. The van der Waals surface area contributed by atoms with Crippen molar-refractivity contribution in [3.63, 3.8) is 0 Å². The molecule has 2 heterocycles.